The second-order valence-electron chi connectivity index (χ2n) is 7.35. The third-order valence-corrected chi connectivity index (χ3v) is 3.78. The molecule has 0 atom stereocenters. The van der Waals surface area contributed by atoms with Crippen LogP contribution in [0.5, 0.6) is 0 Å². The van der Waals surface area contributed by atoms with Gasteiger partial charge in [0.1, 0.15) is 42.7 Å². The van der Waals surface area contributed by atoms with E-state index in [0.29, 0.717) is 5.82 Å². The van der Waals surface area contributed by atoms with Gasteiger partial charge < -0.3 is 8.94 Å². The summed E-state index contributed by atoms with van der Waals surface area (Å²) >= 11 is 0. The molecule has 0 saturated carbocycles. The monoisotopic (exact) mass is 544 g/mol. The number of hydrogen-bond donors (Lipinski definition) is 0. The summed E-state index contributed by atoms with van der Waals surface area (Å²) in [4.78, 5) is 18.7. The zero-order valence-corrected chi connectivity index (χ0v) is 23.3. The number of rotatable bonds is 0. The van der Waals surface area contributed by atoms with Crippen molar-refractivity contribution in [2.75, 3.05) is 0 Å². The largest absolute Gasteiger partial charge is 0.470 e. The third kappa shape index (κ3) is 19.7. The molecule has 0 bridgehead atoms. The molecule has 6 rings (SSSR count). The fourth-order valence-corrected chi connectivity index (χ4v) is 1.92. The lowest BCUT2D eigenvalue weighted by atomic mass is 10.4. The fourth-order valence-electron chi connectivity index (χ4n) is 1.92. The van der Waals surface area contributed by atoms with Crippen LogP contribution >= 0.6 is 0 Å². The number of hydrogen-bond acceptors (Lipinski definition) is 14. The van der Waals surface area contributed by atoms with Crippen LogP contribution in [0.4, 0.5) is 0 Å². The molecule has 14 heteroatoms. The Morgan fingerprint density at radius 2 is 1.32 bits per heavy atom. The van der Waals surface area contributed by atoms with Crippen LogP contribution < -0.4 is 0 Å². The lowest BCUT2D eigenvalue weighted by Gasteiger charge is -1.80. The summed E-state index contributed by atoms with van der Waals surface area (Å²) in [5.74, 6) is 2.44. The Hall–Kier alpha value is -5.40. The van der Waals surface area contributed by atoms with Crippen molar-refractivity contribution in [1.29, 1.82) is 0 Å². The second kappa shape index (κ2) is 21.7. The molecular formula is C26H32N12O2. The molecule has 208 valence electrons. The van der Waals surface area contributed by atoms with Gasteiger partial charge >= 0.3 is 0 Å². The van der Waals surface area contributed by atoms with E-state index >= 15 is 0 Å². The maximum absolute atomic E-state index is 4.83. The van der Waals surface area contributed by atoms with Crippen LogP contribution in [-0.2, 0) is 0 Å². The predicted octanol–water partition coefficient (Wildman–Crippen LogP) is 3.90. The quantitative estimate of drug-likeness (QED) is 0.268. The van der Waals surface area contributed by atoms with E-state index in [1.807, 2.05) is 58.9 Å². The summed E-state index contributed by atoms with van der Waals surface area (Å²) in [5.41, 5.74) is 2.78. The summed E-state index contributed by atoms with van der Waals surface area (Å²) in [5, 5.41) is 25.2. The second-order valence-corrected chi connectivity index (χ2v) is 7.35. The van der Waals surface area contributed by atoms with E-state index in [1.165, 1.54) is 19.0 Å². The summed E-state index contributed by atoms with van der Waals surface area (Å²) in [7, 11) is 0. The van der Waals surface area contributed by atoms with Crippen molar-refractivity contribution < 1.29 is 8.94 Å². The van der Waals surface area contributed by atoms with E-state index in [1.54, 1.807) is 50.3 Å². The molecule has 6 heterocycles. The highest BCUT2D eigenvalue weighted by atomic mass is 16.5. The van der Waals surface area contributed by atoms with Gasteiger partial charge in [0.2, 0.25) is 0 Å². The number of aryl methyl sites for hydroxylation is 6. The van der Waals surface area contributed by atoms with Crippen molar-refractivity contribution in [3.63, 3.8) is 0 Å². The first-order valence-electron chi connectivity index (χ1n) is 11.8. The number of nitrogens with zero attached hydrogens (tertiary/aromatic N) is 12. The average molecular weight is 545 g/mol. The molecule has 0 aromatic carbocycles. The third-order valence-electron chi connectivity index (χ3n) is 3.78. The Morgan fingerprint density at radius 1 is 0.550 bits per heavy atom. The highest BCUT2D eigenvalue weighted by Crippen LogP contribution is 1.93. The summed E-state index contributed by atoms with van der Waals surface area (Å²) in [6.07, 6.45) is 14.0. The molecule has 6 aromatic heterocycles. The van der Waals surface area contributed by atoms with Crippen LogP contribution in [0.25, 0.3) is 0 Å². The Balaban J connectivity index is 0.000000240. The van der Waals surface area contributed by atoms with Crippen molar-refractivity contribution in [3.8, 4) is 0 Å². The first kappa shape index (κ1) is 32.6. The zero-order chi connectivity index (χ0) is 29.3. The first-order chi connectivity index (χ1) is 19.4. The molecule has 0 aliphatic heterocycles. The van der Waals surface area contributed by atoms with Gasteiger partial charge in [-0.15, -0.1) is 10.2 Å². The molecule has 0 N–H and O–H groups in total. The van der Waals surface area contributed by atoms with Gasteiger partial charge in [0, 0.05) is 18.5 Å². The van der Waals surface area contributed by atoms with E-state index in [-0.39, 0.29) is 0 Å². The molecule has 40 heavy (non-hydrogen) atoms. The van der Waals surface area contributed by atoms with Crippen LogP contribution in [0.2, 0.25) is 0 Å². The minimum atomic E-state index is 0.711. The highest BCUT2D eigenvalue weighted by Gasteiger charge is 1.79. The minimum Gasteiger partial charge on any atom is -0.470 e. The lowest BCUT2D eigenvalue weighted by molar-refractivity contribution is 0.415. The van der Waals surface area contributed by atoms with E-state index < -0.39 is 0 Å². The van der Waals surface area contributed by atoms with Crippen molar-refractivity contribution in [2.24, 2.45) is 0 Å². The molecule has 0 radical (unpaired) electrons. The molecular weight excluding hydrogens is 512 g/mol. The van der Waals surface area contributed by atoms with Crippen LogP contribution in [0.3, 0.4) is 0 Å². The Bertz CT molecular complexity index is 1140. The van der Waals surface area contributed by atoms with Gasteiger partial charge in [0.25, 0.3) is 0 Å². The van der Waals surface area contributed by atoms with E-state index in [9.17, 15) is 0 Å². The van der Waals surface area contributed by atoms with Gasteiger partial charge in [0.15, 0.2) is 0 Å². The topological polar surface area (TPSA) is 181 Å². The van der Waals surface area contributed by atoms with Crippen LogP contribution in [0, 0.1) is 41.5 Å². The number of aromatic nitrogens is 12. The standard InChI is InChI=1S/C5H6N2.C5H6O.3C4H5N3.C4H5NO/c1-5-3-2-4-6-7-5;1-5-3-2-4-6-5;1-4-6-2-5-3-7-4;1-4-2-6-7-3-5-4;1-4-5-2-3-6-7-4;1-4-2-3-6-5-4/h2-4H,1H3;2-4H,1H3;3*2-3H,1H3;2-3H,1H3. The number of furan rings is 1. The SMILES string of the molecule is Cc1cccnn1.Cc1ccco1.Cc1ccon1.Cc1cnncn1.Cc1nccnn1.Cc1ncncn1. The maximum Gasteiger partial charge on any atom is 0.147 e. The predicted molar refractivity (Wildman–Crippen MR) is 145 cm³/mol. The van der Waals surface area contributed by atoms with E-state index in [0.717, 1.165) is 28.7 Å². The maximum atomic E-state index is 4.83. The molecule has 0 aliphatic rings. The molecule has 6 aromatic rings. The molecule has 0 unspecified atom stereocenters. The molecule has 0 fully saturated rings. The van der Waals surface area contributed by atoms with Crippen molar-refractivity contribution in [1.82, 2.24) is 60.7 Å². The Labute approximate surface area is 232 Å². The normalized spacial score (nSPS) is 8.75. The van der Waals surface area contributed by atoms with E-state index in [4.69, 9.17) is 4.42 Å². The highest BCUT2D eigenvalue weighted by molar-refractivity contribution is 4.95. The first-order valence-corrected chi connectivity index (χ1v) is 11.8. The zero-order valence-electron chi connectivity index (χ0n) is 23.3. The van der Waals surface area contributed by atoms with Gasteiger partial charge in [-0.05, 0) is 65.8 Å². The van der Waals surface area contributed by atoms with Crippen LogP contribution in [0.1, 0.15) is 34.5 Å². The molecule has 14 nitrogen and oxygen atoms in total. The fraction of sp³-hybridized carbons (Fsp3) is 0.231. The summed E-state index contributed by atoms with van der Waals surface area (Å²) < 4.78 is 9.30. The Morgan fingerprint density at radius 3 is 1.57 bits per heavy atom. The van der Waals surface area contributed by atoms with E-state index in [2.05, 4.69) is 65.2 Å². The summed E-state index contributed by atoms with van der Waals surface area (Å²) in [6, 6.07) is 9.37. The average Bonchev–Trinajstić information content (AvgIpc) is 3.66. The van der Waals surface area contributed by atoms with Gasteiger partial charge in [-0.2, -0.15) is 20.4 Å². The van der Waals surface area contributed by atoms with Crippen molar-refractivity contribution >= 4 is 0 Å². The Kier molecular flexibility index (Phi) is 17.7. The summed E-state index contributed by atoms with van der Waals surface area (Å²) in [6.45, 7) is 11.2. The molecule has 0 spiro atoms. The van der Waals surface area contributed by atoms with Crippen LogP contribution in [-0.4, -0.2) is 60.7 Å². The molecule has 0 aliphatic carbocycles. The van der Waals surface area contributed by atoms with Gasteiger partial charge in [0.05, 0.1) is 35.7 Å². The minimum absolute atomic E-state index is 0.711. The van der Waals surface area contributed by atoms with Crippen molar-refractivity contribution in [3.05, 3.63) is 121 Å². The van der Waals surface area contributed by atoms with Gasteiger partial charge in [-0.25, -0.2) is 24.9 Å². The van der Waals surface area contributed by atoms with Gasteiger partial charge in [-0.3, -0.25) is 0 Å². The van der Waals surface area contributed by atoms with Gasteiger partial charge in [-0.1, -0.05) is 5.16 Å². The van der Waals surface area contributed by atoms with Crippen LogP contribution in [0.15, 0.2) is 95.6 Å². The lowest BCUT2D eigenvalue weighted by Crippen LogP contribution is -1.85. The smallest absolute Gasteiger partial charge is 0.147 e. The van der Waals surface area contributed by atoms with Crippen molar-refractivity contribution in [2.45, 2.75) is 41.5 Å². The molecule has 0 amide bonds. The molecule has 0 saturated heterocycles.